The van der Waals surface area contributed by atoms with Gasteiger partial charge < -0.3 is 10.4 Å². The van der Waals surface area contributed by atoms with Crippen LogP contribution < -0.4 is 5.32 Å². The average Bonchev–Trinajstić information content (AvgIpc) is 2.78. The van der Waals surface area contributed by atoms with Gasteiger partial charge >= 0.3 is 0 Å². The van der Waals surface area contributed by atoms with Crippen LogP contribution in [0.2, 0.25) is 0 Å². The monoisotopic (exact) mass is 429 g/mol. The summed E-state index contributed by atoms with van der Waals surface area (Å²) in [4.78, 5) is 13.2. The highest BCUT2D eigenvalue weighted by Crippen LogP contribution is 2.36. The Morgan fingerprint density at radius 2 is 1.68 bits per heavy atom. The normalized spacial score (nSPS) is 12.9. The second-order valence-electron chi connectivity index (χ2n) is 7.45. The van der Waals surface area contributed by atoms with E-state index in [4.69, 9.17) is 0 Å². The summed E-state index contributed by atoms with van der Waals surface area (Å²) in [5, 5.41) is 15.8. The van der Waals surface area contributed by atoms with Crippen LogP contribution in [0.15, 0.2) is 91.0 Å². The molecule has 4 aromatic carbocycles. The van der Waals surface area contributed by atoms with E-state index in [1.807, 2.05) is 66.7 Å². The lowest BCUT2D eigenvalue weighted by Gasteiger charge is -2.23. The fourth-order valence-electron chi connectivity index (χ4n) is 3.81. The fourth-order valence-corrected chi connectivity index (χ4v) is 4.46. The van der Waals surface area contributed by atoms with E-state index in [0.717, 1.165) is 21.9 Å². The zero-order valence-corrected chi connectivity index (χ0v) is 17.9. The van der Waals surface area contributed by atoms with Crippen LogP contribution >= 0.6 is 0 Å². The number of benzene rings is 4. The molecule has 156 valence electrons. The second kappa shape index (κ2) is 9.14. The Morgan fingerprint density at radius 1 is 0.935 bits per heavy atom. The fraction of sp³-hybridized carbons (Fsp3) is 0.115. The molecule has 4 rings (SSSR count). The van der Waals surface area contributed by atoms with Gasteiger partial charge in [-0.05, 0) is 40.1 Å². The lowest BCUT2D eigenvalue weighted by molar-refractivity contribution is 0.0943. The Bertz CT molecular complexity index is 1250. The van der Waals surface area contributed by atoms with Crippen LogP contribution in [0, 0.1) is 0 Å². The first-order valence-corrected chi connectivity index (χ1v) is 11.7. The van der Waals surface area contributed by atoms with Crippen molar-refractivity contribution in [2.24, 2.45) is 0 Å². The summed E-state index contributed by atoms with van der Waals surface area (Å²) >= 11 is 0. The van der Waals surface area contributed by atoms with Crippen molar-refractivity contribution in [2.45, 2.75) is 11.8 Å². The summed E-state index contributed by atoms with van der Waals surface area (Å²) in [6.45, 7) is 0. The smallest absolute Gasteiger partial charge is 0.252 e. The molecule has 0 saturated carbocycles. The number of hydrogen-bond acceptors (Lipinski definition) is 3. The minimum atomic E-state index is -0.992. The summed E-state index contributed by atoms with van der Waals surface area (Å²) < 4.78 is 11.6. The number of phenols is 1. The van der Waals surface area contributed by atoms with E-state index >= 15 is 0 Å². The van der Waals surface area contributed by atoms with Crippen molar-refractivity contribution in [3.63, 3.8) is 0 Å². The van der Waals surface area contributed by atoms with E-state index in [2.05, 4.69) is 5.32 Å². The first-order chi connectivity index (χ1) is 15.0. The van der Waals surface area contributed by atoms with Crippen LogP contribution in [-0.2, 0) is 16.6 Å². The molecule has 0 aliphatic heterocycles. The van der Waals surface area contributed by atoms with Gasteiger partial charge in [0.1, 0.15) is 5.75 Å². The molecule has 0 radical (unpaired) electrons. The number of fused-ring (bicyclic) bond motifs is 1. The first-order valence-electron chi connectivity index (χ1n) is 9.98. The number of rotatable bonds is 6. The van der Waals surface area contributed by atoms with Crippen molar-refractivity contribution in [1.29, 1.82) is 0 Å². The van der Waals surface area contributed by atoms with Gasteiger partial charge in [-0.1, -0.05) is 72.8 Å². The van der Waals surface area contributed by atoms with Gasteiger partial charge in [0.25, 0.3) is 5.91 Å². The summed E-state index contributed by atoms with van der Waals surface area (Å²) in [7, 11) is -0.992. The van der Waals surface area contributed by atoms with E-state index in [1.165, 1.54) is 0 Å². The summed E-state index contributed by atoms with van der Waals surface area (Å²) in [5.41, 5.74) is 2.86. The number of carbonyl (C=O) groups excluding carboxylic acids is 1. The Kier molecular flexibility index (Phi) is 6.14. The Labute approximate surface area is 184 Å². The topological polar surface area (TPSA) is 66.4 Å². The molecule has 0 aromatic heterocycles. The van der Waals surface area contributed by atoms with Gasteiger partial charge in [-0.2, -0.15) is 0 Å². The minimum Gasteiger partial charge on any atom is -0.508 e. The molecule has 4 nitrogen and oxygen atoms in total. The molecule has 2 atom stereocenters. The quantitative estimate of drug-likeness (QED) is 0.456. The van der Waals surface area contributed by atoms with Crippen molar-refractivity contribution in [3.8, 4) is 5.75 Å². The molecule has 2 unspecified atom stereocenters. The third kappa shape index (κ3) is 4.67. The van der Waals surface area contributed by atoms with E-state index in [1.54, 1.807) is 30.5 Å². The second-order valence-corrected chi connectivity index (χ2v) is 8.89. The van der Waals surface area contributed by atoms with Gasteiger partial charge in [0.15, 0.2) is 0 Å². The van der Waals surface area contributed by atoms with Crippen molar-refractivity contribution >= 4 is 27.5 Å². The zero-order chi connectivity index (χ0) is 21.8. The molecule has 0 spiro atoms. The van der Waals surface area contributed by atoms with Gasteiger partial charge in [0.05, 0.1) is 6.04 Å². The molecule has 0 aliphatic carbocycles. The van der Waals surface area contributed by atoms with Crippen LogP contribution in [0.5, 0.6) is 5.75 Å². The van der Waals surface area contributed by atoms with Crippen LogP contribution in [-0.4, -0.2) is 21.5 Å². The maximum Gasteiger partial charge on any atom is 0.252 e. The van der Waals surface area contributed by atoms with E-state index in [-0.39, 0.29) is 11.7 Å². The van der Waals surface area contributed by atoms with Gasteiger partial charge in [-0.3, -0.25) is 9.00 Å². The molecule has 0 bridgehead atoms. The predicted octanol–water partition coefficient (Wildman–Crippen LogP) is 4.94. The Hall–Kier alpha value is -3.44. The van der Waals surface area contributed by atoms with E-state index < -0.39 is 16.8 Å². The standard InChI is InChI=1S/C26H23NO3S/c1-31(30)17-18-8-7-12-21(16-18)26(29)27-25(20-10-3-2-4-11-20)24-22-13-6-5-9-19(22)14-15-23(24)28/h2-16,25,28H,17H2,1H3,(H,27,29). The molecular formula is C26H23NO3S. The highest BCUT2D eigenvalue weighted by atomic mass is 32.2. The van der Waals surface area contributed by atoms with Crippen molar-refractivity contribution < 1.29 is 14.1 Å². The molecule has 1 amide bonds. The number of carbonyl (C=O) groups is 1. The Balaban J connectivity index is 1.77. The molecule has 31 heavy (non-hydrogen) atoms. The molecule has 0 aliphatic rings. The van der Waals surface area contributed by atoms with Gasteiger partial charge in [-0.25, -0.2) is 0 Å². The minimum absolute atomic E-state index is 0.128. The number of hydrogen-bond donors (Lipinski definition) is 2. The number of aromatic hydroxyl groups is 1. The molecule has 5 heteroatoms. The maximum absolute atomic E-state index is 13.2. The molecule has 2 N–H and O–H groups in total. The average molecular weight is 430 g/mol. The van der Waals surface area contributed by atoms with Crippen molar-refractivity contribution in [1.82, 2.24) is 5.32 Å². The molecule has 4 aromatic rings. The summed E-state index contributed by atoms with van der Waals surface area (Å²) in [6.07, 6.45) is 1.64. The third-order valence-electron chi connectivity index (χ3n) is 5.20. The van der Waals surface area contributed by atoms with Gasteiger partial charge in [0.2, 0.25) is 0 Å². The van der Waals surface area contributed by atoms with Crippen LogP contribution in [0.3, 0.4) is 0 Å². The number of amides is 1. The van der Waals surface area contributed by atoms with Crippen LogP contribution in [0.25, 0.3) is 10.8 Å². The first kappa shape index (κ1) is 20.8. The third-order valence-corrected chi connectivity index (χ3v) is 5.94. The molecule has 0 saturated heterocycles. The van der Waals surface area contributed by atoms with Gasteiger partial charge in [-0.15, -0.1) is 0 Å². The lowest BCUT2D eigenvalue weighted by atomic mass is 9.92. The van der Waals surface area contributed by atoms with E-state index in [0.29, 0.717) is 16.9 Å². The SMILES string of the molecule is CS(=O)Cc1cccc(C(=O)NC(c2ccccc2)c2c(O)ccc3ccccc23)c1. The largest absolute Gasteiger partial charge is 0.508 e. The van der Waals surface area contributed by atoms with Crippen LogP contribution in [0.4, 0.5) is 0 Å². The maximum atomic E-state index is 13.2. The number of phenolic OH excluding ortho intramolecular Hbond substituents is 1. The Morgan fingerprint density at radius 3 is 2.45 bits per heavy atom. The number of nitrogens with one attached hydrogen (secondary N) is 1. The predicted molar refractivity (Wildman–Crippen MR) is 126 cm³/mol. The van der Waals surface area contributed by atoms with Crippen molar-refractivity contribution in [2.75, 3.05) is 6.26 Å². The van der Waals surface area contributed by atoms with E-state index in [9.17, 15) is 14.1 Å². The molecular weight excluding hydrogens is 406 g/mol. The zero-order valence-electron chi connectivity index (χ0n) is 17.1. The molecule has 0 heterocycles. The lowest BCUT2D eigenvalue weighted by Crippen LogP contribution is -2.29. The summed E-state index contributed by atoms with van der Waals surface area (Å²) in [6, 6.07) is 27.6. The summed E-state index contributed by atoms with van der Waals surface area (Å²) in [5.74, 6) is 0.265. The highest BCUT2D eigenvalue weighted by molar-refractivity contribution is 7.83. The van der Waals surface area contributed by atoms with Crippen LogP contribution in [0.1, 0.15) is 33.1 Å². The van der Waals surface area contributed by atoms with Gasteiger partial charge in [0, 0.05) is 33.9 Å². The van der Waals surface area contributed by atoms with Crippen molar-refractivity contribution in [3.05, 3.63) is 113 Å². The highest BCUT2D eigenvalue weighted by Gasteiger charge is 2.23. The molecule has 0 fully saturated rings.